The van der Waals surface area contributed by atoms with Crippen LogP contribution >= 0.6 is 0 Å². The standard InChI is InChI=1S/C34H51N9O7/c1-18(2)15-26(32(48)42-43-36)40-33(49)28(19(3)4)41-29(45)20(5)38-31(47)25(13-14-27(44)50-34(6,7)8)39-30(46)23(35)16-21-17-37-24-12-10-9-11-22(21)24/h9-12,17-20,23,25-26,28,37H,13-16,35H2,1-8H3,(H,38,47)(H,39,46)(H,40,49)(H,41,45)/t20-,23+,25-,26-,28+/m0/s1. The van der Waals surface area contributed by atoms with Crippen molar-refractivity contribution in [3.63, 3.8) is 0 Å². The van der Waals surface area contributed by atoms with Crippen molar-refractivity contribution < 1.29 is 33.5 Å². The highest BCUT2D eigenvalue weighted by molar-refractivity contribution is 5.96. The van der Waals surface area contributed by atoms with Gasteiger partial charge in [-0.3, -0.25) is 28.8 Å². The van der Waals surface area contributed by atoms with Crippen LogP contribution in [-0.4, -0.2) is 76.3 Å². The van der Waals surface area contributed by atoms with Crippen molar-refractivity contribution in [2.24, 2.45) is 22.7 Å². The number of hydrogen-bond acceptors (Lipinski definition) is 8. The molecule has 274 valence electrons. The van der Waals surface area contributed by atoms with Crippen molar-refractivity contribution in [1.29, 1.82) is 0 Å². The number of esters is 1. The van der Waals surface area contributed by atoms with Crippen LogP contribution in [0.4, 0.5) is 0 Å². The van der Waals surface area contributed by atoms with Crippen LogP contribution in [0, 0.1) is 11.8 Å². The number of aromatic nitrogens is 1. The molecule has 5 atom stereocenters. The quantitative estimate of drug-likeness (QED) is 0.0619. The lowest BCUT2D eigenvalue weighted by atomic mass is 9.99. The normalized spacial score (nSPS) is 14.5. The molecule has 0 fully saturated rings. The number of para-hydroxylation sites is 1. The van der Waals surface area contributed by atoms with E-state index >= 15 is 0 Å². The molecule has 2 rings (SSSR count). The van der Waals surface area contributed by atoms with E-state index in [4.69, 9.17) is 16.0 Å². The fraction of sp³-hybridized carbons (Fsp3) is 0.588. The first-order valence-electron chi connectivity index (χ1n) is 16.7. The zero-order valence-corrected chi connectivity index (χ0v) is 30.0. The molecule has 0 saturated carbocycles. The molecule has 1 aromatic heterocycles. The van der Waals surface area contributed by atoms with E-state index in [1.54, 1.807) is 40.8 Å². The predicted molar refractivity (Wildman–Crippen MR) is 187 cm³/mol. The molecule has 1 heterocycles. The number of hydrogen-bond donors (Lipinski definition) is 6. The SMILES string of the molecule is CC(C)C[C@H](NC(=O)[C@H](NC(=O)[C@H](C)NC(=O)[C@H](CCC(=O)OC(C)(C)C)NC(=O)[C@H](N)Cc1c[nH]c2ccccc12)C(C)C)C(=O)N=[N+]=[N-]. The number of nitrogens with two attached hydrogens (primary N) is 1. The average molecular weight is 698 g/mol. The molecule has 16 heteroatoms. The Balaban J connectivity index is 2.16. The lowest BCUT2D eigenvalue weighted by molar-refractivity contribution is -0.155. The van der Waals surface area contributed by atoms with Gasteiger partial charge in [0.1, 0.15) is 23.7 Å². The number of carbonyl (C=O) groups is 6. The fourth-order valence-electron chi connectivity index (χ4n) is 5.09. The molecule has 0 saturated heterocycles. The zero-order valence-electron chi connectivity index (χ0n) is 30.0. The topological polar surface area (TPSA) is 250 Å². The number of H-pyrrole nitrogens is 1. The van der Waals surface area contributed by atoms with Crippen molar-refractivity contribution in [3.8, 4) is 0 Å². The van der Waals surface area contributed by atoms with Gasteiger partial charge in [-0.25, -0.2) is 0 Å². The maximum Gasteiger partial charge on any atom is 0.306 e. The molecule has 16 nitrogen and oxygen atoms in total. The van der Waals surface area contributed by atoms with Gasteiger partial charge in [0.2, 0.25) is 29.5 Å². The van der Waals surface area contributed by atoms with Crippen molar-refractivity contribution in [3.05, 3.63) is 46.5 Å². The third-order valence-corrected chi connectivity index (χ3v) is 7.61. The Bertz CT molecular complexity index is 1570. The Kier molecular flexibility index (Phi) is 15.4. The molecular formula is C34H51N9O7. The van der Waals surface area contributed by atoms with E-state index in [9.17, 15) is 28.8 Å². The van der Waals surface area contributed by atoms with Crippen LogP contribution in [0.2, 0.25) is 0 Å². The summed E-state index contributed by atoms with van der Waals surface area (Å²) >= 11 is 0. The average Bonchev–Trinajstić information content (AvgIpc) is 3.42. The largest absolute Gasteiger partial charge is 0.460 e. The number of rotatable bonds is 17. The molecule has 1 aromatic carbocycles. The summed E-state index contributed by atoms with van der Waals surface area (Å²) in [5, 5.41) is 14.3. The number of fused-ring (bicyclic) bond motifs is 1. The lowest BCUT2D eigenvalue weighted by Gasteiger charge is -2.27. The first kappa shape index (κ1) is 41.2. The Morgan fingerprint density at radius 1 is 0.900 bits per heavy atom. The van der Waals surface area contributed by atoms with Gasteiger partial charge in [-0.1, -0.05) is 45.9 Å². The highest BCUT2D eigenvalue weighted by atomic mass is 16.6. The van der Waals surface area contributed by atoms with Crippen molar-refractivity contribution in [1.82, 2.24) is 26.3 Å². The van der Waals surface area contributed by atoms with E-state index in [-0.39, 0.29) is 31.6 Å². The summed E-state index contributed by atoms with van der Waals surface area (Å²) in [5.41, 5.74) is 15.9. The summed E-state index contributed by atoms with van der Waals surface area (Å²) in [6, 6.07) is 1.85. The van der Waals surface area contributed by atoms with Gasteiger partial charge in [0.25, 0.3) is 0 Å². The third-order valence-electron chi connectivity index (χ3n) is 7.61. The number of aromatic amines is 1. The number of carbonyl (C=O) groups excluding carboxylic acids is 6. The van der Waals surface area contributed by atoms with Crippen LogP contribution in [0.1, 0.15) is 80.2 Å². The molecule has 2 aromatic rings. The van der Waals surface area contributed by atoms with Gasteiger partial charge in [-0.2, -0.15) is 0 Å². The molecule has 0 spiro atoms. The molecule has 0 aliphatic rings. The van der Waals surface area contributed by atoms with Crippen LogP contribution in [0.5, 0.6) is 0 Å². The van der Waals surface area contributed by atoms with Gasteiger partial charge in [-0.05, 0) is 81.1 Å². The smallest absolute Gasteiger partial charge is 0.306 e. The van der Waals surface area contributed by atoms with E-state index in [1.165, 1.54) is 6.92 Å². The van der Waals surface area contributed by atoms with Crippen molar-refractivity contribution in [2.45, 2.75) is 117 Å². The molecule has 0 radical (unpaired) electrons. The molecule has 5 amide bonds. The zero-order chi connectivity index (χ0) is 37.8. The number of nitrogens with zero attached hydrogens (tertiary/aromatic N) is 3. The Morgan fingerprint density at radius 3 is 2.14 bits per heavy atom. The summed E-state index contributed by atoms with van der Waals surface area (Å²) in [6.07, 6.45) is 1.78. The van der Waals surface area contributed by atoms with E-state index in [1.807, 2.05) is 38.1 Å². The van der Waals surface area contributed by atoms with E-state index < -0.39 is 77.2 Å². The lowest BCUT2D eigenvalue weighted by Crippen LogP contribution is -2.58. The van der Waals surface area contributed by atoms with Crippen molar-refractivity contribution in [2.75, 3.05) is 0 Å². The summed E-state index contributed by atoms with van der Waals surface area (Å²) in [7, 11) is 0. The molecule has 50 heavy (non-hydrogen) atoms. The van der Waals surface area contributed by atoms with E-state index in [0.717, 1.165) is 16.5 Å². The summed E-state index contributed by atoms with van der Waals surface area (Å²) in [4.78, 5) is 83.6. The fourth-order valence-corrected chi connectivity index (χ4v) is 5.09. The second kappa shape index (κ2) is 18.7. The molecule has 0 aliphatic heterocycles. The monoisotopic (exact) mass is 697 g/mol. The molecule has 0 unspecified atom stereocenters. The third kappa shape index (κ3) is 13.2. The second-order valence-electron chi connectivity index (χ2n) is 14.0. The van der Waals surface area contributed by atoms with Crippen LogP contribution in [0.15, 0.2) is 35.6 Å². The Hall–Kier alpha value is -4.95. The van der Waals surface area contributed by atoms with Gasteiger partial charge < -0.3 is 36.7 Å². The minimum atomic E-state index is -1.26. The summed E-state index contributed by atoms with van der Waals surface area (Å²) in [6.45, 7) is 13.5. The highest BCUT2D eigenvalue weighted by Crippen LogP contribution is 2.19. The molecule has 0 bridgehead atoms. The van der Waals surface area contributed by atoms with Gasteiger partial charge in [0.15, 0.2) is 0 Å². The Morgan fingerprint density at radius 2 is 1.54 bits per heavy atom. The van der Waals surface area contributed by atoms with Crippen LogP contribution in [-0.2, 0) is 39.9 Å². The molecular weight excluding hydrogens is 646 g/mol. The van der Waals surface area contributed by atoms with E-state index in [0.29, 0.717) is 0 Å². The van der Waals surface area contributed by atoms with Crippen LogP contribution < -0.4 is 27.0 Å². The Labute approximate surface area is 292 Å². The summed E-state index contributed by atoms with van der Waals surface area (Å²) < 4.78 is 5.36. The maximum atomic E-state index is 13.5. The molecule has 0 aliphatic carbocycles. The van der Waals surface area contributed by atoms with Gasteiger partial charge >= 0.3 is 5.97 Å². The highest BCUT2D eigenvalue weighted by Gasteiger charge is 2.32. The maximum absolute atomic E-state index is 13.5. The van der Waals surface area contributed by atoms with E-state index in [2.05, 4.69) is 36.3 Å². The number of amides is 5. The van der Waals surface area contributed by atoms with Crippen LogP contribution in [0.25, 0.3) is 21.3 Å². The van der Waals surface area contributed by atoms with Crippen LogP contribution in [0.3, 0.4) is 0 Å². The number of ether oxygens (including phenoxy) is 1. The van der Waals surface area contributed by atoms with Gasteiger partial charge in [0.05, 0.1) is 12.1 Å². The number of benzene rings is 1. The number of azide groups is 1. The van der Waals surface area contributed by atoms with Crippen molar-refractivity contribution >= 4 is 46.4 Å². The second-order valence-corrected chi connectivity index (χ2v) is 14.0. The molecule has 7 N–H and O–H groups in total. The minimum absolute atomic E-state index is 0.0210. The minimum Gasteiger partial charge on any atom is -0.460 e. The predicted octanol–water partition coefficient (Wildman–Crippen LogP) is 2.66. The summed E-state index contributed by atoms with van der Waals surface area (Å²) in [5.74, 6) is -4.69. The first-order valence-corrected chi connectivity index (χ1v) is 16.7. The van der Waals surface area contributed by atoms with Gasteiger partial charge in [0, 0.05) is 28.4 Å². The number of nitrogens with one attached hydrogen (secondary N) is 5. The van der Waals surface area contributed by atoms with Gasteiger partial charge in [-0.15, -0.1) is 0 Å². The first-order chi connectivity index (χ1) is 23.3.